The first-order valence-corrected chi connectivity index (χ1v) is 8.74. The highest BCUT2D eigenvalue weighted by atomic mass is 16.5. The third-order valence-corrected chi connectivity index (χ3v) is 3.91. The summed E-state index contributed by atoms with van der Waals surface area (Å²) in [7, 11) is 0. The molecular formula is C21H20N2O5. The van der Waals surface area contributed by atoms with E-state index in [9.17, 15) is 9.59 Å². The third kappa shape index (κ3) is 4.97. The van der Waals surface area contributed by atoms with Crippen LogP contribution in [0.3, 0.4) is 0 Å². The predicted molar refractivity (Wildman–Crippen MR) is 102 cm³/mol. The van der Waals surface area contributed by atoms with Crippen LogP contribution in [0.15, 0.2) is 65.2 Å². The Kier molecular flexibility index (Phi) is 6.06. The fraction of sp³-hybridized carbons (Fsp3) is 0.190. The fourth-order valence-corrected chi connectivity index (χ4v) is 2.45. The van der Waals surface area contributed by atoms with Gasteiger partial charge in [0.25, 0.3) is 5.91 Å². The van der Waals surface area contributed by atoms with Crippen molar-refractivity contribution >= 4 is 17.7 Å². The lowest BCUT2D eigenvalue weighted by molar-refractivity contribution is -0.123. The lowest BCUT2D eigenvalue weighted by Crippen LogP contribution is -2.30. The zero-order valence-corrected chi connectivity index (χ0v) is 15.5. The van der Waals surface area contributed by atoms with Gasteiger partial charge in [0.05, 0.1) is 5.56 Å². The Bertz CT molecular complexity index is 952. The maximum absolute atomic E-state index is 12.6. The minimum Gasteiger partial charge on any atom is -0.489 e. The molecule has 1 heterocycles. The number of rotatable bonds is 7. The van der Waals surface area contributed by atoms with Crippen molar-refractivity contribution in [1.82, 2.24) is 5.16 Å². The molecule has 0 aliphatic rings. The quantitative estimate of drug-likeness (QED) is 0.628. The number of esters is 1. The van der Waals surface area contributed by atoms with Crippen LogP contribution < -0.4 is 10.1 Å². The molecule has 0 spiro atoms. The molecule has 0 unspecified atom stereocenters. The van der Waals surface area contributed by atoms with E-state index < -0.39 is 18.0 Å². The first kappa shape index (κ1) is 19.2. The molecule has 3 rings (SSSR count). The van der Waals surface area contributed by atoms with Gasteiger partial charge in [0.2, 0.25) is 0 Å². The van der Waals surface area contributed by atoms with E-state index >= 15 is 0 Å². The van der Waals surface area contributed by atoms with Gasteiger partial charge in [-0.25, -0.2) is 4.79 Å². The van der Waals surface area contributed by atoms with Crippen LogP contribution >= 0.6 is 0 Å². The second kappa shape index (κ2) is 8.85. The van der Waals surface area contributed by atoms with E-state index in [0.29, 0.717) is 22.6 Å². The van der Waals surface area contributed by atoms with Gasteiger partial charge in [-0.3, -0.25) is 4.79 Å². The largest absolute Gasteiger partial charge is 0.489 e. The van der Waals surface area contributed by atoms with Crippen molar-refractivity contribution in [2.24, 2.45) is 0 Å². The van der Waals surface area contributed by atoms with Crippen molar-refractivity contribution in [3.8, 4) is 5.75 Å². The molecule has 3 aromatic rings. The van der Waals surface area contributed by atoms with E-state index in [0.717, 1.165) is 0 Å². The van der Waals surface area contributed by atoms with Gasteiger partial charge in [0.15, 0.2) is 11.9 Å². The Labute approximate surface area is 162 Å². The summed E-state index contributed by atoms with van der Waals surface area (Å²) in [4.78, 5) is 24.7. The van der Waals surface area contributed by atoms with Crippen LogP contribution in [0.25, 0.3) is 0 Å². The molecular weight excluding hydrogens is 360 g/mol. The van der Waals surface area contributed by atoms with Crippen molar-refractivity contribution in [2.75, 3.05) is 5.32 Å². The monoisotopic (exact) mass is 380 g/mol. The number of aryl methyl sites for hydroxylation is 1. The number of carbonyl (C=O) groups is 2. The molecule has 0 radical (unpaired) electrons. The topological polar surface area (TPSA) is 90.7 Å². The molecule has 0 bridgehead atoms. The standard InChI is InChI=1S/C21H20N2O5/c1-14-12-19(23-28-14)22-20(24)15(2)27-21(25)18-11-7-6-8-16(18)13-26-17-9-4-3-5-10-17/h3-12,15H,13H2,1-2H3,(H,22,23,24)/t15-/m0/s1. The first-order valence-electron chi connectivity index (χ1n) is 8.74. The summed E-state index contributed by atoms with van der Waals surface area (Å²) in [6.45, 7) is 3.40. The zero-order chi connectivity index (χ0) is 19.9. The molecule has 28 heavy (non-hydrogen) atoms. The summed E-state index contributed by atoms with van der Waals surface area (Å²) in [5.74, 6) is 0.418. The molecule has 2 aromatic carbocycles. The van der Waals surface area contributed by atoms with E-state index in [1.54, 1.807) is 31.2 Å². The zero-order valence-electron chi connectivity index (χ0n) is 15.5. The minimum absolute atomic E-state index is 0.202. The second-order valence-corrected chi connectivity index (χ2v) is 6.12. The number of nitrogens with zero attached hydrogens (tertiary/aromatic N) is 1. The molecule has 7 heteroatoms. The summed E-state index contributed by atoms with van der Waals surface area (Å²) < 4.78 is 15.9. The number of amides is 1. The van der Waals surface area contributed by atoms with Gasteiger partial charge >= 0.3 is 5.97 Å². The smallest absolute Gasteiger partial charge is 0.339 e. The van der Waals surface area contributed by atoms with Crippen molar-refractivity contribution < 1.29 is 23.6 Å². The van der Waals surface area contributed by atoms with Crippen LogP contribution in [0.4, 0.5) is 5.82 Å². The van der Waals surface area contributed by atoms with Crippen molar-refractivity contribution in [3.05, 3.63) is 77.6 Å². The molecule has 1 aromatic heterocycles. The van der Waals surface area contributed by atoms with Crippen LogP contribution in [-0.2, 0) is 16.1 Å². The molecule has 0 saturated carbocycles. The van der Waals surface area contributed by atoms with E-state index in [2.05, 4.69) is 10.5 Å². The molecule has 0 fully saturated rings. The van der Waals surface area contributed by atoms with Crippen LogP contribution in [0.5, 0.6) is 5.75 Å². The van der Waals surface area contributed by atoms with Gasteiger partial charge in [-0.15, -0.1) is 0 Å². The summed E-state index contributed by atoms with van der Waals surface area (Å²) >= 11 is 0. The highest BCUT2D eigenvalue weighted by molar-refractivity contribution is 5.97. The summed E-state index contributed by atoms with van der Waals surface area (Å²) in [5.41, 5.74) is 1.01. The van der Waals surface area contributed by atoms with Crippen molar-refractivity contribution in [1.29, 1.82) is 0 Å². The molecule has 1 atom stereocenters. The maximum Gasteiger partial charge on any atom is 0.339 e. The average Bonchev–Trinajstić information content (AvgIpc) is 3.11. The third-order valence-electron chi connectivity index (χ3n) is 3.91. The van der Waals surface area contributed by atoms with Gasteiger partial charge in [-0.05, 0) is 32.0 Å². The lowest BCUT2D eigenvalue weighted by Gasteiger charge is -2.14. The van der Waals surface area contributed by atoms with Crippen LogP contribution in [0.1, 0.15) is 28.6 Å². The average molecular weight is 380 g/mol. The normalized spacial score (nSPS) is 11.5. The number of carbonyl (C=O) groups excluding carboxylic acids is 2. The molecule has 1 amide bonds. The number of benzene rings is 2. The highest BCUT2D eigenvalue weighted by Crippen LogP contribution is 2.16. The van der Waals surface area contributed by atoms with Crippen molar-refractivity contribution in [2.45, 2.75) is 26.6 Å². The van der Waals surface area contributed by atoms with Gasteiger partial charge < -0.3 is 19.3 Å². The Balaban J connectivity index is 1.62. The number of aromatic nitrogens is 1. The molecule has 1 N–H and O–H groups in total. The number of ether oxygens (including phenoxy) is 2. The van der Waals surface area contributed by atoms with E-state index in [-0.39, 0.29) is 12.4 Å². The van der Waals surface area contributed by atoms with Crippen LogP contribution in [0.2, 0.25) is 0 Å². The SMILES string of the molecule is Cc1cc(NC(=O)[C@H](C)OC(=O)c2ccccc2COc2ccccc2)no1. The first-order chi connectivity index (χ1) is 13.5. The van der Waals surface area contributed by atoms with Gasteiger partial charge in [-0.2, -0.15) is 0 Å². The summed E-state index contributed by atoms with van der Waals surface area (Å²) in [5, 5.41) is 6.21. The van der Waals surface area contributed by atoms with Crippen LogP contribution in [0, 0.1) is 6.92 Å². The van der Waals surface area contributed by atoms with Gasteiger partial charge in [0, 0.05) is 11.6 Å². The number of nitrogens with one attached hydrogen (secondary N) is 1. The Morgan fingerprint density at radius 1 is 1.11 bits per heavy atom. The molecule has 0 saturated heterocycles. The van der Waals surface area contributed by atoms with E-state index in [1.807, 2.05) is 36.4 Å². The lowest BCUT2D eigenvalue weighted by atomic mass is 10.1. The molecule has 0 aliphatic heterocycles. The van der Waals surface area contributed by atoms with E-state index in [4.69, 9.17) is 14.0 Å². The Morgan fingerprint density at radius 3 is 2.54 bits per heavy atom. The minimum atomic E-state index is -1.01. The van der Waals surface area contributed by atoms with E-state index in [1.165, 1.54) is 6.92 Å². The number of hydrogen-bond donors (Lipinski definition) is 1. The molecule has 0 aliphatic carbocycles. The molecule has 144 valence electrons. The molecule has 7 nitrogen and oxygen atoms in total. The summed E-state index contributed by atoms with van der Waals surface area (Å²) in [6, 6.07) is 17.8. The van der Waals surface area contributed by atoms with Crippen LogP contribution in [-0.4, -0.2) is 23.1 Å². The van der Waals surface area contributed by atoms with Crippen molar-refractivity contribution in [3.63, 3.8) is 0 Å². The Morgan fingerprint density at radius 2 is 1.82 bits per heavy atom. The Hall–Kier alpha value is -3.61. The number of para-hydroxylation sites is 1. The maximum atomic E-state index is 12.6. The number of anilines is 1. The fourth-order valence-electron chi connectivity index (χ4n) is 2.45. The van der Waals surface area contributed by atoms with Gasteiger partial charge in [-0.1, -0.05) is 41.6 Å². The van der Waals surface area contributed by atoms with Gasteiger partial charge in [0.1, 0.15) is 18.1 Å². The summed E-state index contributed by atoms with van der Waals surface area (Å²) in [6.07, 6.45) is -1.01. The highest BCUT2D eigenvalue weighted by Gasteiger charge is 2.21. The number of hydrogen-bond acceptors (Lipinski definition) is 6. The predicted octanol–water partition coefficient (Wildman–Crippen LogP) is 3.75. The second-order valence-electron chi connectivity index (χ2n) is 6.12.